The largest absolute Gasteiger partial charge is 0.478 e. The number of carbonyl (C=O) groups is 1. The van der Waals surface area contributed by atoms with Crippen molar-refractivity contribution in [3.05, 3.63) is 65.9 Å². The van der Waals surface area contributed by atoms with Crippen molar-refractivity contribution in [2.75, 3.05) is 0 Å². The van der Waals surface area contributed by atoms with E-state index in [1.54, 1.807) is 16.9 Å². The Balaban J connectivity index is 0.000000385. The zero-order valence-corrected chi connectivity index (χ0v) is 9.69. The quantitative estimate of drug-likeness (QED) is 0.805. The number of carboxylic acids is 1. The molecule has 0 spiro atoms. The molecule has 0 aliphatic rings. The molecule has 16 heavy (non-hydrogen) atoms. The van der Waals surface area contributed by atoms with Gasteiger partial charge in [-0.3, -0.25) is 0 Å². The Morgan fingerprint density at radius 2 is 1.75 bits per heavy atom. The first kappa shape index (κ1) is 14.3. The lowest BCUT2D eigenvalue weighted by atomic mass is 10.2. The molecule has 1 N–H and O–H groups in total. The fraction of sp³-hybridized carbons (Fsp3) is 0. The van der Waals surface area contributed by atoms with Crippen molar-refractivity contribution >= 4 is 23.8 Å². The summed E-state index contributed by atoms with van der Waals surface area (Å²) in [6.45, 7) is 6.88. The fourth-order valence-electron chi connectivity index (χ4n) is 0.800. The van der Waals surface area contributed by atoms with E-state index in [2.05, 4.69) is 13.2 Å². The molecule has 1 rings (SSSR count). The second kappa shape index (κ2) is 9.80. The van der Waals surface area contributed by atoms with Crippen LogP contribution in [0.4, 0.5) is 0 Å². The minimum Gasteiger partial charge on any atom is -0.478 e. The first-order valence-electron chi connectivity index (χ1n) is 4.54. The number of benzene rings is 1. The lowest BCUT2D eigenvalue weighted by Crippen LogP contribution is -1.85. The van der Waals surface area contributed by atoms with Crippen LogP contribution in [0.25, 0.3) is 6.08 Å². The topological polar surface area (TPSA) is 37.3 Å². The molecule has 0 fully saturated rings. The van der Waals surface area contributed by atoms with E-state index in [-0.39, 0.29) is 0 Å². The maximum atomic E-state index is 10.1. The van der Waals surface area contributed by atoms with Gasteiger partial charge in [0.25, 0.3) is 0 Å². The molecule has 0 unspecified atom stereocenters. The van der Waals surface area contributed by atoms with E-state index in [9.17, 15) is 4.79 Å². The minimum absolute atomic E-state index is 0.898. The van der Waals surface area contributed by atoms with Crippen LogP contribution in [0, 0.1) is 0 Å². The zero-order valence-electron chi connectivity index (χ0n) is 8.87. The van der Waals surface area contributed by atoms with Crippen LogP contribution in [0.1, 0.15) is 5.56 Å². The van der Waals surface area contributed by atoms with Crippen molar-refractivity contribution in [2.24, 2.45) is 0 Å². The molecule has 0 aromatic heterocycles. The van der Waals surface area contributed by atoms with Crippen LogP contribution in [-0.2, 0) is 4.79 Å². The smallest absolute Gasteiger partial charge is 0.328 e. The predicted molar refractivity (Wildman–Crippen MR) is 71.1 cm³/mol. The summed E-state index contributed by atoms with van der Waals surface area (Å²) in [6, 6.07) is 9.31. The molecule has 2 nitrogen and oxygen atoms in total. The van der Waals surface area contributed by atoms with E-state index >= 15 is 0 Å². The summed E-state index contributed by atoms with van der Waals surface area (Å²) < 4.78 is 0. The lowest BCUT2D eigenvalue weighted by Gasteiger charge is -1.87. The number of hydrogen-bond donors (Lipinski definition) is 1. The van der Waals surface area contributed by atoms with E-state index in [0.717, 1.165) is 11.6 Å². The van der Waals surface area contributed by atoms with Crippen LogP contribution in [0.3, 0.4) is 0 Å². The lowest BCUT2D eigenvalue weighted by molar-refractivity contribution is -0.131. The van der Waals surface area contributed by atoms with Crippen LogP contribution in [0.5, 0.6) is 0 Å². The first-order chi connectivity index (χ1) is 7.70. The molecule has 0 radical (unpaired) electrons. The molecule has 0 saturated carbocycles. The van der Waals surface area contributed by atoms with E-state index in [1.165, 1.54) is 11.8 Å². The summed E-state index contributed by atoms with van der Waals surface area (Å²) in [5.41, 5.74) is 0.898. The second-order valence-corrected chi connectivity index (χ2v) is 3.49. The van der Waals surface area contributed by atoms with Gasteiger partial charge >= 0.3 is 5.97 Å². The third-order valence-electron chi connectivity index (χ3n) is 1.41. The van der Waals surface area contributed by atoms with Gasteiger partial charge in [0, 0.05) is 6.08 Å². The molecule has 0 bridgehead atoms. The standard InChI is InChI=1S/C9H8O2.C4H6S/c10-9(11)7-6-8-4-2-1-3-5-8;1-3-5-4-2/h1-7H,(H,10,11);3-4H,1-2H2. The van der Waals surface area contributed by atoms with Gasteiger partial charge in [-0.25, -0.2) is 4.79 Å². The van der Waals surface area contributed by atoms with Gasteiger partial charge < -0.3 is 5.11 Å². The predicted octanol–water partition coefficient (Wildman–Crippen LogP) is 3.79. The van der Waals surface area contributed by atoms with E-state index in [1.807, 2.05) is 30.3 Å². The molecule has 0 heterocycles. The summed E-state index contributed by atoms with van der Waals surface area (Å²) in [7, 11) is 0. The number of rotatable bonds is 4. The molecule has 0 aliphatic carbocycles. The Morgan fingerprint density at radius 1 is 1.19 bits per heavy atom. The third-order valence-corrected chi connectivity index (χ3v) is 1.80. The third kappa shape index (κ3) is 8.84. The highest BCUT2D eigenvalue weighted by Crippen LogP contribution is 1.99. The molecular formula is C13H14O2S. The maximum absolute atomic E-state index is 10.1. The minimum atomic E-state index is -0.922. The monoisotopic (exact) mass is 234 g/mol. The molecule has 1 aromatic rings. The maximum Gasteiger partial charge on any atom is 0.328 e. The first-order valence-corrected chi connectivity index (χ1v) is 5.48. The van der Waals surface area contributed by atoms with E-state index in [0.29, 0.717) is 0 Å². The Kier molecular flexibility index (Phi) is 8.74. The van der Waals surface area contributed by atoms with Crippen molar-refractivity contribution in [3.8, 4) is 0 Å². The molecule has 0 aliphatic heterocycles. The Labute approximate surface area is 100 Å². The van der Waals surface area contributed by atoms with Gasteiger partial charge in [0.1, 0.15) is 0 Å². The molecule has 0 atom stereocenters. The summed E-state index contributed by atoms with van der Waals surface area (Å²) in [4.78, 5) is 10.1. The normalized spacial score (nSPS) is 9.00. The number of aliphatic carboxylic acids is 1. The average Bonchev–Trinajstić information content (AvgIpc) is 2.30. The molecule has 3 heteroatoms. The zero-order chi connectivity index (χ0) is 12.2. The van der Waals surface area contributed by atoms with Crippen LogP contribution in [0.2, 0.25) is 0 Å². The van der Waals surface area contributed by atoms with Gasteiger partial charge in [-0.1, -0.05) is 43.5 Å². The van der Waals surface area contributed by atoms with Gasteiger partial charge in [-0.15, -0.1) is 11.8 Å². The van der Waals surface area contributed by atoms with Gasteiger partial charge in [0.15, 0.2) is 0 Å². The van der Waals surface area contributed by atoms with Gasteiger partial charge in [0.05, 0.1) is 0 Å². The average molecular weight is 234 g/mol. The summed E-state index contributed by atoms with van der Waals surface area (Å²) in [5.74, 6) is -0.922. The Morgan fingerprint density at radius 3 is 2.12 bits per heavy atom. The summed E-state index contributed by atoms with van der Waals surface area (Å²) >= 11 is 1.49. The van der Waals surface area contributed by atoms with Crippen molar-refractivity contribution in [3.63, 3.8) is 0 Å². The summed E-state index contributed by atoms with van der Waals surface area (Å²) in [5, 5.41) is 11.7. The Bertz CT molecular complexity index is 349. The SMILES string of the molecule is C=CSC=C.O=C(O)C=Cc1ccccc1. The van der Waals surface area contributed by atoms with Crippen LogP contribution in [-0.4, -0.2) is 11.1 Å². The van der Waals surface area contributed by atoms with Crippen LogP contribution in [0.15, 0.2) is 60.4 Å². The van der Waals surface area contributed by atoms with Gasteiger partial charge in [-0.05, 0) is 22.5 Å². The molecule has 1 aromatic carbocycles. The van der Waals surface area contributed by atoms with E-state index < -0.39 is 5.97 Å². The van der Waals surface area contributed by atoms with Crippen LogP contribution < -0.4 is 0 Å². The number of hydrogen-bond acceptors (Lipinski definition) is 2. The van der Waals surface area contributed by atoms with Gasteiger partial charge in [0.2, 0.25) is 0 Å². The molecule has 0 saturated heterocycles. The summed E-state index contributed by atoms with van der Waals surface area (Å²) in [6.07, 6.45) is 2.68. The van der Waals surface area contributed by atoms with Crippen LogP contribution >= 0.6 is 11.8 Å². The molecule has 0 amide bonds. The molecular weight excluding hydrogens is 220 g/mol. The second-order valence-electron chi connectivity index (χ2n) is 2.55. The van der Waals surface area contributed by atoms with Gasteiger partial charge in [-0.2, -0.15) is 0 Å². The van der Waals surface area contributed by atoms with E-state index in [4.69, 9.17) is 5.11 Å². The highest BCUT2D eigenvalue weighted by molar-refractivity contribution is 8.04. The highest BCUT2D eigenvalue weighted by atomic mass is 32.2. The highest BCUT2D eigenvalue weighted by Gasteiger charge is 1.85. The number of carboxylic acid groups (broad SMARTS) is 1. The van der Waals surface area contributed by atoms with Crippen molar-refractivity contribution < 1.29 is 9.90 Å². The van der Waals surface area contributed by atoms with Crippen molar-refractivity contribution in [2.45, 2.75) is 0 Å². The van der Waals surface area contributed by atoms with Crippen molar-refractivity contribution in [1.82, 2.24) is 0 Å². The fourth-order valence-corrected chi connectivity index (χ4v) is 0.936. The molecule has 84 valence electrons. The number of thioether (sulfide) groups is 1. The Hall–Kier alpha value is -1.74. The van der Waals surface area contributed by atoms with Crippen molar-refractivity contribution in [1.29, 1.82) is 0 Å².